The molecular formula is C16H22BrClF4N4O2. The lowest BCUT2D eigenvalue weighted by Gasteiger charge is -2.45. The normalized spacial score (nSPS) is 38.4. The summed E-state index contributed by atoms with van der Waals surface area (Å²) in [5.41, 5.74) is 5.15. The van der Waals surface area contributed by atoms with Crippen molar-refractivity contribution in [3.63, 3.8) is 0 Å². The average molecular weight is 494 g/mol. The Morgan fingerprint density at radius 1 is 1.21 bits per heavy atom. The van der Waals surface area contributed by atoms with Crippen LogP contribution in [0.5, 0.6) is 0 Å². The van der Waals surface area contributed by atoms with Crippen molar-refractivity contribution in [2.45, 2.75) is 48.0 Å². The summed E-state index contributed by atoms with van der Waals surface area (Å²) in [7, 11) is 0. The van der Waals surface area contributed by atoms with Gasteiger partial charge in [0.05, 0.1) is 23.5 Å². The standard InChI is InChI=1S/C16H22BrClF4N4O2/c17-14-13(12(18)15(28)24-23-14)26-4-3-25(11(27)7-26)6-8-1-2-9(19)5-10(8)16(20,21)22/h8-10,12-14,23H,1-7H2,(H,24,28). The van der Waals surface area contributed by atoms with Gasteiger partial charge >= 0.3 is 6.18 Å². The molecule has 0 aromatic rings. The predicted molar refractivity (Wildman–Crippen MR) is 97.4 cm³/mol. The molecule has 160 valence electrons. The Hall–Kier alpha value is -0.650. The molecule has 0 aromatic heterocycles. The summed E-state index contributed by atoms with van der Waals surface area (Å²) < 4.78 is 53.4. The van der Waals surface area contributed by atoms with Crippen LogP contribution in [-0.2, 0) is 9.59 Å². The number of hydrazine groups is 1. The predicted octanol–water partition coefficient (Wildman–Crippen LogP) is 1.78. The van der Waals surface area contributed by atoms with Gasteiger partial charge in [0.15, 0.2) is 0 Å². The highest BCUT2D eigenvalue weighted by atomic mass is 79.9. The second-order valence-electron chi connectivity index (χ2n) is 7.56. The van der Waals surface area contributed by atoms with E-state index in [1.807, 2.05) is 0 Å². The minimum absolute atomic E-state index is 0.0327. The Bertz CT molecular complexity index is 614. The Balaban J connectivity index is 1.62. The van der Waals surface area contributed by atoms with Gasteiger partial charge < -0.3 is 4.90 Å². The molecule has 0 bridgehead atoms. The van der Waals surface area contributed by atoms with Gasteiger partial charge in [0, 0.05) is 19.6 Å². The first-order valence-electron chi connectivity index (χ1n) is 9.14. The second-order valence-corrected chi connectivity index (χ2v) is 9.01. The third-order valence-corrected chi connectivity index (χ3v) is 6.98. The van der Waals surface area contributed by atoms with E-state index in [9.17, 15) is 27.2 Å². The first-order chi connectivity index (χ1) is 13.1. The molecule has 1 aliphatic carbocycles. The van der Waals surface area contributed by atoms with Crippen LogP contribution in [0.15, 0.2) is 0 Å². The van der Waals surface area contributed by atoms with Gasteiger partial charge in [-0.2, -0.15) is 13.2 Å². The maximum Gasteiger partial charge on any atom is 0.392 e. The van der Waals surface area contributed by atoms with Gasteiger partial charge in [-0.1, -0.05) is 15.9 Å². The van der Waals surface area contributed by atoms with Gasteiger partial charge in [-0.3, -0.25) is 19.9 Å². The van der Waals surface area contributed by atoms with E-state index in [0.717, 1.165) is 0 Å². The van der Waals surface area contributed by atoms with E-state index in [-0.39, 0.29) is 43.3 Å². The number of piperazine rings is 1. The largest absolute Gasteiger partial charge is 0.392 e. The molecule has 6 atom stereocenters. The lowest BCUT2D eigenvalue weighted by molar-refractivity contribution is -0.203. The molecule has 2 heterocycles. The smallest absolute Gasteiger partial charge is 0.340 e. The second kappa shape index (κ2) is 8.61. The zero-order valence-electron chi connectivity index (χ0n) is 14.9. The molecule has 0 spiro atoms. The van der Waals surface area contributed by atoms with E-state index in [2.05, 4.69) is 26.8 Å². The van der Waals surface area contributed by atoms with Crippen molar-refractivity contribution in [1.82, 2.24) is 20.7 Å². The number of amides is 2. The monoisotopic (exact) mass is 492 g/mol. The van der Waals surface area contributed by atoms with E-state index < -0.39 is 47.9 Å². The van der Waals surface area contributed by atoms with Crippen LogP contribution < -0.4 is 10.9 Å². The first kappa shape index (κ1) is 22.0. The minimum atomic E-state index is -4.48. The first-order valence-corrected chi connectivity index (χ1v) is 10.5. The molecule has 3 aliphatic rings. The molecule has 0 aromatic carbocycles. The summed E-state index contributed by atoms with van der Waals surface area (Å²) in [5, 5.41) is -0.876. The number of hydrogen-bond donors (Lipinski definition) is 2. The van der Waals surface area contributed by atoms with E-state index in [1.165, 1.54) is 4.90 Å². The molecule has 3 rings (SSSR count). The van der Waals surface area contributed by atoms with Gasteiger partial charge in [0.2, 0.25) is 5.91 Å². The molecule has 12 heteroatoms. The lowest BCUT2D eigenvalue weighted by atomic mass is 9.77. The Morgan fingerprint density at radius 2 is 1.93 bits per heavy atom. The molecule has 28 heavy (non-hydrogen) atoms. The van der Waals surface area contributed by atoms with Crippen LogP contribution >= 0.6 is 27.5 Å². The van der Waals surface area contributed by atoms with Crippen molar-refractivity contribution in [1.29, 1.82) is 0 Å². The van der Waals surface area contributed by atoms with Crippen molar-refractivity contribution >= 4 is 39.3 Å². The maximum absolute atomic E-state index is 13.5. The third kappa shape index (κ3) is 4.73. The van der Waals surface area contributed by atoms with E-state index in [0.29, 0.717) is 6.54 Å². The van der Waals surface area contributed by atoms with Crippen molar-refractivity contribution in [3.8, 4) is 0 Å². The molecule has 3 fully saturated rings. The van der Waals surface area contributed by atoms with Crippen LogP contribution in [0, 0.1) is 11.8 Å². The molecule has 0 radical (unpaired) electrons. The molecule has 2 saturated heterocycles. The Kier molecular flexibility index (Phi) is 6.78. The molecule has 2 amide bonds. The number of nitrogens with one attached hydrogen (secondary N) is 2. The van der Waals surface area contributed by atoms with E-state index in [4.69, 9.17) is 11.6 Å². The molecule has 2 N–H and O–H groups in total. The van der Waals surface area contributed by atoms with Crippen LogP contribution in [0.2, 0.25) is 0 Å². The van der Waals surface area contributed by atoms with Crippen LogP contribution in [0.25, 0.3) is 0 Å². The number of alkyl halides is 6. The number of nitrogens with zero attached hydrogens (tertiary/aromatic N) is 2. The summed E-state index contributed by atoms with van der Waals surface area (Å²) >= 11 is 9.55. The van der Waals surface area contributed by atoms with Gasteiger partial charge in [0.25, 0.3) is 5.91 Å². The fourth-order valence-electron chi connectivity index (χ4n) is 4.23. The van der Waals surface area contributed by atoms with Crippen molar-refractivity contribution in [2.75, 3.05) is 26.2 Å². The van der Waals surface area contributed by atoms with E-state index in [1.54, 1.807) is 4.90 Å². The maximum atomic E-state index is 13.5. The van der Waals surface area contributed by atoms with Crippen LogP contribution in [0.3, 0.4) is 0 Å². The van der Waals surface area contributed by atoms with Crippen molar-refractivity contribution in [2.24, 2.45) is 11.8 Å². The summed E-state index contributed by atoms with van der Waals surface area (Å²) in [6, 6.07) is -0.480. The SMILES string of the molecule is O=C1NNC(Br)C(N2CCN(CC3CCC(F)CC3C(F)(F)F)C(=O)C2)C1Cl. The summed E-state index contributed by atoms with van der Waals surface area (Å²) in [4.78, 5) is 27.2. The van der Waals surface area contributed by atoms with Gasteiger partial charge in [-0.25, -0.2) is 9.82 Å². The zero-order chi connectivity index (χ0) is 20.6. The number of carbonyl (C=O) groups excluding carboxylic acids is 2. The Labute approximate surface area is 173 Å². The zero-order valence-corrected chi connectivity index (χ0v) is 17.2. The average Bonchev–Trinajstić information content (AvgIpc) is 2.61. The number of halogens is 6. The highest BCUT2D eigenvalue weighted by molar-refractivity contribution is 9.09. The molecule has 6 nitrogen and oxygen atoms in total. The van der Waals surface area contributed by atoms with Crippen LogP contribution in [-0.4, -0.2) is 76.5 Å². The fraction of sp³-hybridized carbons (Fsp3) is 0.875. The number of hydrogen-bond acceptors (Lipinski definition) is 4. The summed E-state index contributed by atoms with van der Waals surface area (Å²) in [6.45, 7) is 0.543. The molecule has 1 saturated carbocycles. The van der Waals surface area contributed by atoms with Gasteiger partial charge in [-0.05, 0) is 25.2 Å². The quantitative estimate of drug-likeness (QED) is 0.357. The van der Waals surface area contributed by atoms with Gasteiger partial charge in [-0.15, -0.1) is 11.6 Å². The van der Waals surface area contributed by atoms with Crippen molar-refractivity contribution in [3.05, 3.63) is 0 Å². The molecule has 6 unspecified atom stereocenters. The molecule has 2 aliphatic heterocycles. The van der Waals surface area contributed by atoms with Crippen molar-refractivity contribution < 1.29 is 27.2 Å². The third-order valence-electron chi connectivity index (χ3n) is 5.76. The number of carbonyl (C=O) groups is 2. The summed E-state index contributed by atoms with van der Waals surface area (Å²) in [5.74, 6) is -3.25. The minimum Gasteiger partial charge on any atom is -0.340 e. The van der Waals surface area contributed by atoms with Crippen LogP contribution in [0.1, 0.15) is 19.3 Å². The van der Waals surface area contributed by atoms with Crippen LogP contribution in [0.4, 0.5) is 17.6 Å². The topological polar surface area (TPSA) is 64.7 Å². The molecular weight excluding hydrogens is 472 g/mol. The van der Waals surface area contributed by atoms with Gasteiger partial charge in [0.1, 0.15) is 11.5 Å². The van der Waals surface area contributed by atoms with E-state index >= 15 is 0 Å². The number of rotatable bonds is 3. The fourth-order valence-corrected chi connectivity index (χ4v) is 5.52. The highest BCUT2D eigenvalue weighted by Crippen LogP contribution is 2.42. The Morgan fingerprint density at radius 3 is 2.57 bits per heavy atom. The summed E-state index contributed by atoms with van der Waals surface area (Å²) in [6.07, 6.45) is -6.26. The lowest BCUT2D eigenvalue weighted by Crippen LogP contribution is -2.68. The highest BCUT2D eigenvalue weighted by Gasteiger charge is 2.49.